The van der Waals surface area contributed by atoms with Crippen LogP contribution in [0, 0.1) is 0 Å². The van der Waals surface area contributed by atoms with E-state index in [1.54, 1.807) is 12.2 Å². The Hall–Kier alpha value is -1.02. The third kappa shape index (κ3) is 12.0. The summed E-state index contributed by atoms with van der Waals surface area (Å²) in [4.78, 5) is 11.6. The van der Waals surface area contributed by atoms with E-state index in [-0.39, 0.29) is 5.12 Å². The Balaban J connectivity index is 3.64. The van der Waals surface area contributed by atoms with Gasteiger partial charge in [0, 0.05) is 5.75 Å². The molecule has 0 heterocycles. The highest BCUT2D eigenvalue weighted by molar-refractivity contribution is 8.14. The Labute approximate surface area is 128 Å². The summed E-state index contributed by atoms with van der Waals surface area (Å²) in [7, 11) is 0. The number of thioether (sulfide) groups is 1. The van der Waals surface area contributed by atoms with E-state index in [0.29, 0.717) is 0 Å². The van der Waals surface area contributed by atoms with Gasteiger partial charge in [-0.15, -0.1) is 0 Å². The third-order valence-electron chi connectivity index (χ3n) is 2.96. The zero-order valence-electron chi connectivity index (χ0n) is 12.8. The molecule has 0 N–H and O–H groups in total. The van der Waals surface area contributed by atoms with Crippen LogP contribution in [0.2, 0.25) is 0 Å². The van der Waals surface area contributed by atoms with Crippen molar-refractivity contribution in [3.8, 4) is 0 Å². The summed E-state index contributed by atoms with van der Waals surface area (Å²) in [6.07, 6.45) is 17.5. The van der Waals surface area contributed by atoms with Crippen LogP contribution in [-0.2, 0) is 4.79 Å². The van der Waals surface area contributed by atoms with Gasteiger partial charge in [-0.25, -0.2) is 0 Å². The summed E-state index contributed by atoms with van der Waals surface area (Å²) in [5.41, 5.74) is 1.13. The quantitative estimate of drug-likeness (QED) is 0.255. The minimum Gasteiger partial charge on any atom is -0.282 e. The molecule has 0 aromatic heterocycles. The molecule has 0 radical (unpaired) electrons. The number of allylic oxidation sites excluding steroid dienone is 5. The Kier molecular flexibility index (Phi) is 13.7. The zero-order valence-corrected chi connectivity index (χ0v) is 13.6. The second-order valence-electron chi connectivity index (χ2n) is 4.70. The second-order valence-corrected chi connectivity index (χ2v) is 5.80. The first-order chi connectivity index (χ1) is 9.74. The van der Waals surface area contributed by atoms with Crippen LogP contribution in [0.25, 0.3) is 0 Å². The van der Waals surface area contributed by atoms with Crippen molar-refractivity contribution in [3.63, 3.8) is 0 Å². The molecular weight excluding hydrogens is 264 g/mol. The summed E-state index contributed by atoms with van der Waals surface area (Å²) in [6, 6.07) is 0. The van der Waals surface area contributed by atoms with Crippen molar-refractivity contribution in [2.75, 3.05) is 5.75 Å². The molecule has 0 amide bonds. The molecule has 0 atom stereocenters. The van der Waals surface area contributed by atoms with Crippen molar-refractivity contribution in [3.05, 3.63) is 49.1 Å². The molecule has 2 heteroatoms. The fourth-order valence-electron chi connectivity index (χ4n) is 1.77. The largest absolute Gasteiger partial charge is 0.282 e. The predicted molar refractivity (Wildman–Crippen MR) is 93.1 cm³/mol. The maximum absolute atomic E-state index is 11.6. The molecule has 0 aliphatic heterocycles. The Morgan fingerprint density at radius 3 is 2.55 bits per heavy atom. The minimum absolute atomic E-state index is 0.153. The highest BCUT2D eigenvalue weighted by Gasteiger charge is 1.98. The minimum atomic E-state index is 0.153. The fraction of sp³-hybridized carbons (Fsp3) is 0.500. The molecule has 0 saturated heterocycles. The lowest BCUT2D eigenvalue weighted by molar-refractivity contribution is -0.107. The average molecular weight is 292 g/mol. The van der Waals surface area contributed by atoms with Gasteiger partial charge in [0.1, 0.15) is 0 Å². The van der Waals surface area contributed by atoms with Crippen LogP contribution >= 0.6 is 11.8 Å². The van der Waals surface area contributed by atoms with Gasteiger partial charge in [0.15, 0.2) is 0 Å². The third-order valence-corrected chi connectivity index (χ3v) is 3.79. The highest BCUT2D eigenvalue weighted by Crippen LogP contribution is 2.12. The monoisotopic (exact) mass is 292 g/mol. The second kappa shape index (κ2) is 14.4. The van der Waals surface area contributed by atoms with Crippen LogP contribution in [-0.4, -0.2) is 10.9 Å². The number of hydrogen-bond donors (Lipinski definition) is 0. The van der Waals surface area contributed by atoms with Gasteiger partial charge in [-0.3, -0.25) is 4.79 Å². The fourth-order valence-corrected chi connectivity index (χ4v) is 2.50. The van der Waals surface area contributed by atoms with Crippen molar-refractivity contribution in [1.82, 2.24) is 0 Å². The van der Waals surface area contributed by atoms with Crippen LogP contribution < -0.4 is 0 Å². The highest BCUT2D eigenvalue weighted by atomic mass is 32.2. The van der Waals surface area contributed by atoms with E-state index in [9.17, 15) is 4.79 Å². The zero-order chi connectivity index (χ0) is 15.1. The average Bonchev–Trinajstić information content (AvgIpc) is 2.45. The van der Waals surface area contributed by atoms with E-state index in [0.717, 1.165) is 24.2 Å². The molecule has 0 saturated carbocycles. The molecule has 0 aromatic rings. The van der Waals surface area contributed by atoms with Crippen LogP contribution in [0.4, 0.5) is 0 Å². The Bertz CT molecular complexity index is 339. The molecule has 0 aromatic carbocycles. The molecule has 0 aliphatic rings. The standard InChI is InChI=1S/C18H28OS/c1-4-7-8-9-10-11-12-14-18(19)20-16-15-17(6-3)13-5-2/h5-6,12-14H,2-4,7-11,15-16H2,1H3/b14-12+,17-13+. The van der Waals surface area contributed by atoms with Gasteiger partial charge in [0.05, 0.1) is 0 Å². The van der Waals surface area contributed by atoms with Gasteiger partial charge in [0.2, 0.25) is 5.12 Å². The predicted octanol–water partition coefficient (Wildman–Crippen LogP) is 5.85. The molecule has 0 fully saturated rings. The van der Waals surface area contributed by atoms with Crippen LogP contribution in [0.15, 0.2) is 49.1 Å². The smallest absolute Gasteiger partial charge is 0.211 e. The first-order valence-electron chi connectivity index (χ1n) is 7.52. The van der Waals surface area contributed by atoms with E-state index < -0.39 is 0 Å². The lowest BCUT2D eigenvalue weighted by atomic mass is 10.1. The normalized spacial score (nSPS) is 11.8. The summed E-state index contributed by atoms with van der Waals surface area (Å²) < 4.78 is 0. The van der Waals surface area contributed by atoms with Gasteiger partial charge in [-0.2, -0.15) is 0 Å². The Morgan fingerprint density at radius 2 is 1.90 bits per heavy atom. The van der Waals surface area contributed by atoms with Crippen LogP contribution in [0.5, 0.6) is 0 Å². The van der Waals surface area contributed by atoms with E-state index in [1.165, 1.54) is 43.9 Å². The summed E-state index contributed by atoms with van der Waals surface area (Å²) in [5.74, 6) is 0.797. The summed E-state index contributed by atoms with van der Waals surface area (Å²) in [5, 5.41) is 0.153. The van der Waals surface area contributed by atoms with Crippen molar-refractivity contribution in [2.24, 2.45) is 0 Å². The first kappa shape index (κ1) is 19.0. The van der Waals surface area contributed by atoms with Crippen molar-refractivity contribution < 1.29 is 4.79 Å². The number of rotatable bonds is 12. The van der Waals surface area contributed by atoms with Gasteiger partial charge in [-0.1, -0.05) is 81.8 Å². The number of hydrogen-bond acceptors (Lipinski definition) is 2. The van der Waals surface area contributed by atoms with Gasteiger partial charge in [-0.05, 0) is 30.9 Å². The topological polar surface area (TPSA) is 17.1 Å². The van der Waals surface area contributed by atoms with E-state index in [1.807, 2.05) is 18.2 Å². The van der Waals surface area contributed by atoms with Crippen LogP contribution in [0.3, 0.4) is 0 Å². The number of unbranched alkanes of at least 4 members (excludes halogenated alkanes) is 5. The summed E-state index contributed by atoms with van der Waals surface area (Å²) >= 11 is 1.37. The molecule has 20 heavy (non-hydrogen) atoms. The first-order valence-corrected chi connectivity index (χ1v) is 8.50. The number of carbonyl (C=O) groups excluding carboxylic acids is 1. The van der Waals surface area contributed by atoms with Crippen LogP contribution in [0.1, 0.15) is 51.9 Å². The maximum atomic E-state index is 11.6. The Morgan fingerprint density at radius 1 is 1.15 bits per heavy atom. The SMILES string of the molecule is C=C/C=C(\C=C)CCSC(=O)/C=C/CCCCCCC. The lowest BCUT2D eigenvalue weighted by Gasteiger charge is -1.99. The van der Waals surface area contributed by atoms with E-state index >= 15 is 0 Å². The molecule has 112 valence electrons. The van der Waals surface area contributed by atoms with Crippen molar-refractivity contribution >= 4 is 16.9 Å². The summed E-state index contributed by atoms with van der Waals surface area (Å²) in [6.45, 7) is 9.62. The molecule has 0 rings (SSSR count). The maximum Gasteiger partial charge on any atom is 0.211 e. The van der Waals surface area contributed by atoms with Gasteiger partial charge < -0.3 is 0 Å². The molecular formula is C18H28OS. The van der Waals surface area contributed by atoms with Gasteiger partial charge >= 0.3 is 0 Å². The molecule has 0 aliphatic carbocycles. The van der Waals surface area contributed by atoms with Crippen molar-refractivity contribution in [1.29, 1.82) is 0 Å². The van der Waals surface area contributed by atoms with E-state index in [2.05, 4.69) is 20.1 Å². The van der Waals surface area contributed by atoms with Crippen molar-refractivity contribution in [2.45, 2.75) is 51.9 Å². The van der Waals surface area contributed by atoms with Gasteiger partial charge in [0.25, 0.3) is 0 Å². The molecule has 0 unspecified atom stereocenters. The molecule has 0 spiro atoms. The molecule has 0 bridgehead atoms. The molecule has 1 nitrogen and oxygen atoms in total. The lowest BCUT2D eigenvalue weighted by Crippen LogP contribution is -1.90. The van der Waals surface area contributed by atoms with E-state index in [4.69, 9.17) is 0 Å². The number of carbonyl (C=O) groups is 1.